The van der Waals surface area contributed by atoms with E-state index in [0.29, 0.717) is 29.6 Å². The van der Waals surface area contributed by atoms with Gasteiger partial charge < -0.3 is 14.7 Å². The predicted molar refractivity (Wildman–Crippen MR) is 104 cm³/mol. The van der Waals surface area contributed by atoms with Gasteiger partial charge in [0.1, 0.15) is 12.3 Å². The molecule has 6 nitrogen and oxygen atoms in total. The molecule has 0 atom stereocenters. The highest BCUT2D eigenvalue weighted by molar-refractivity contribution is 5.99. The number of aryl methyl sites for hydroxylation is 2. The number of rotatable bonds is 9. The van der Waals surface area contributed by atoms with E-state index < -0.39 is 0 Å². The highest BCUT2D eigenvalue weighted by Gasteiger charge is 2.28. The van der Waals surface area contributed by atoms with Crippen molar-refractivity contribution in [3.8, 4) is 0 Å². The predicted octanol–water partition coefficient (Wildman–Crippen LogP) is 3.82. The first-order chi connectivity index (χ1) is 13.0. The largest absolute Gasteiger partial charge is 0.360 e. The lowest BCUT2D eigenvalue weighted by atomic mass is 10.1. The number of carbonyl (C=O) groups is 2. The number of nitrogens with one attached hydrogen (secondary N) is 1. The van der Waals surface area contributed by atoms with Crippen LogP contribution in [0.25, 0.3) is 0 Å². The van der Waals surface area contributed by atoms with Gasteiger partial charge in [0.15, 0.2) is 5.82 Å². The van der Waals surface area contributed by atoms with Gasteiger partial charge in [0.2, 0.25) is 5.91 Å². The molecular formula is C21H27N3O3. The van der Waals surface area contributed by atoms with Crippen molar-refractivity contribution in [2.24, 2.45) is 5.92 Å². The second kappa shape index (κ2) is 8.84. The maximum absolute atomic E-state index is 12.9. The number of benzene rings is 1. The highest BCUT2D eigenvalue weighted by Crippen LogP contribution is 2.30. The summed E-state index contributed by atoms with van der Waals surface area (Å²) in [6.07, 6.45) is 5.54. The van der Waals surface area contributed by atoms with Crippen LogP contribution in [-0.2, 0) is 11.2 Å². The maximum Gasteiger partial charge on any atom is 0.254 e. The van der Waals surface area contributed by atoms with Crippen LogP contribution in [0.5, 0.6) is 0 Å². The molecule has 1 heterocycles. The number of anilines is 1. The first-order valence-electron chi connectivity index (χ1n) is 9.66. The smallest absolute Gasteiger partial charge is 0.254 e. The van der Waals surface area contributed by atoms with Crippen molar-refractivity contribution in [2.45, 2.75) is 46.0 Å². The van der Waals surface area contributed by atoms with E-state index in [2.05, 4.69) is 17.4 Å². The van der Waals surface area contributed by atoms with Gasteiger partial charge in [-0.05, 0) is 56.2 Å². The van der Waals surface area contributed by atoms with Gasteiger partial charge in [0.05, 0.1) is 0 Å². The standard InChI is InChI=1S/C21H27N3O3/c1-3-4-5-16-8-10-18(11-9-16)21(26)24(13-17-6-7-17)14-20(25)22-19-12-15(2)27-23-19/h8-12,17H,3-7,13-14H2,1-2H3,(H,22,23,25). The lowest BCUT2D eigenvalue weighted by Gasteiger charge is -2.22. The molecule has 1 aliphatic carbocycles. The average Bonchev–Trinajstić information content (AvgIpc) is 3.39. The summed E-state index contributed by atoms with van der Waals surface area (Å²) in [5.74, 6) is 1.13. The lowest BCUT2D eigenvalue weighted by molar-refractivity contribution is -0.117. The molecule has 0 saturated heterocycles. The van der Waals surface area contributed by atoms with Crippen LogP contribution in [0.4, 0.5) is 5.82 Å². The van der Waals surface area contributed by atoms with Crippen LogP contribution in [0.1, 0.15) is 54.3 Å². The molecule has 1 aromatic carbocycles. The highest BCUT2D eigenvalue weighted by atomic mass is 16.5. The third kappa shape index (κ3) is 5.67. The molecule has 0 bridgehead atoms. The molecule has 6 heteroatoms. The van der Waals surface area contributed by atoms with Gasteiger partial charge in [-0.3, -0.25) is 9.59 Å². The minimum absolute atomic E-state index is 0.0127. The molecule has 1 fully saturated rings. The zero-order valence-corrected chi connectivity index (χ0v) is 16.0. The Bertz CT molecular complexity index is 778. The molecular weight excluding hydrogens is 342 g/mol. The minimum Gasteiger partial charge on any atom is -0.360 e. The van der Waals surface area contributed by atoms with Crippen LogP contribution in [0, 0.1) is 12.8 Å². The average molecular weight is 369 g/mol. The van der Waals surface area contributed by atoms with E-state index in [0.717, 1.165) is 32.1 Å². The molecule has 2 aromatic rings. The summed E-state index contributed by atoms with van der Waals surface area (Å²) in [7, 11) is 0. The third-order valence-corrected chi connectivity index (χ3v) is 4.71. The van der Waals surface area contributed by atoms with E-state index in [9.17, 15) is 9.59 Å². The Hall–Kier alpha value is -2.63. The Morgan fingerprint density at radius 3 is 2.59 bits per heavy atom. The van der Waals surface area contributed by atoms with Crippen molar-refractivity contribution in [2.75, 3.05) is 18.4 Å². The fourth-order valence-electron chi connectivity index (χ4n) is 2.99. The van der Waals surface area contributed by atoms with Gasteiger partial charge in [-0.1, -0.05) is 30.6 Å². The fraction of sp³-hybridized carbons (Fsp3) is 0.476. The number of hydrogen-bond donors (Lipinski definition) is 1. The molecule has 3 rings (SSSR count). The number of aromatic nitrogens is 1. The minimum atomic E-state index is -0.267. The quantitative estimate of drug-likeness (QED) is 0.729. The van der Waals surface area contributed by atoms with Crippen LogP contribution in [0.2, 0.25) is 0 Å². The van der Waals surface area contributed by atoms with Crippen molar-refractivity contribution < 1.29 is 14.1 Å². The third-order valence-electron chi connectivity index (χ3n) is 4.71. The molecule has 0 unspecified atom stereocenters. The van der Waals surface area contributed by atoms with Crippen LogP contribution in [0.3, 0.4) is 0 Å². The van der Waals surface area contributed by atoms with Gasteiger partial charge in [-0.2, -0.15) is 0 Å². The summed E-state index contributed by atoms with van der Waals surface area (Å²) in [4.78, 5) is 26.9. The summed E-state index contributed by atoms with van der Waals surface area (Å²) < 4.78 is 4.96. The Labute approximate surface area is 159 Å². The second-order valence-corrected chi connectivity index (χ2v) is 7.30. The van der Waals surface area contributed by atoms with E-state index >= 15 is 0 Å². The Morgan fingerprint density at radius 1 is 1.26 bits per heavy atom. The first-order valence-corrected chi connectivity index (χ1v) is 9.66. The molecule has 27 heavy (non-hydrogen) atoms. The SMILES string of the molecule is CCCCc1ccc(C(=O)N(CC(=O)Nc2cc(C)on2)CC2CC2)cc1. The van der Waals surface area contributed by atoms with Crippen molar-refractivity contribution in [3.63, 3.8) is 0 Å². The number of carbonyl (C=O) groups excluding carboxylic acids is 2. The molecule has 1 N–H and O–H groups in total. The van der Waals surface area contributed by atoms with Crippen LogP contribution in [-0.4, -0.2) is 35.0 Å². The Balaban J connectivity index is 1.64. The van der Waals surface area contributed by atoms with Gasteiger partial charge in [0.25, 0.3) is 5.91 Å². The summed E-state index contributed by atoms with van der Waals surface area (Å²) in [6.45, 7) is 4.55. The van der Waals surface area contributed by atoms with Crippen molar-refractivity contribution in [1.29, 1.82) is 0 Å². The van der Waals surface area contributed by atoms with E-state index in [1.807, 2.05) is 24.3 Å². The summed E-state index contributed by atoms with van der Waals surface area (Å²) >= 11 is 0. The molecule has 0 radical (unpaired) electrons. The maximum atomic E-state index is 12.9. The van der Waals surface area contributed by atoms with E-state index in [4.69, 9.17) is 4.52 Å². The Kier molecular flexibility index (Phi) is 6.27. The molecule has 1 aliphatic rings. The van der Waals surface area contributed by atoms with Crippen LogP contribution in [0.15, 0.2) is 34.9 Å². The summed E-state index contributed by atoms with van der Waals surface area (Å²) in [6, 6.07) is 9.41. The number of unbranched alkanes of at least 4 members (excludes halogenated alkanes) is 1. The van der Waals surface area contributed by atoms with Crippen LogP contribution < -0.4 is 5.32 Å². The Morgan fingerprint density at radius 2 is 2.00 bits per heavy atom. The van der Waals surface area contributed by atoms with E-state index in [1.165, 1.54) is 5.56 Å². The van der Waals surface area contributed by atoms with Gasteiger partial charge in [0, 0.05) is 18.2 Å². The summed E-state index contributed by atoms with van der Waals surface area (Å²) in [5.41, 5.74) is 1.86. The zero-order chi connectivity index (χ0) is 19.2. The van der Waals surface area contributed by atoms with Gasteiger partial charge in [-0.25, -0.2) is 0 Å². The van der Waals surface area contributed by atoms with Gasteiger partial charge >= 0.3 is 0 Å². The zero-order valence-electron chi connectivity index (χ0n) is 16.0. The van der Waals surface area contributed by atoms with Crippen LogP contribution >= 0.6 is 0 Å². The second-order valence-electron chi connectivity index (χ2n) is 7.30. The summed E-state index contributed by atoms with van der Waals surface area (Å²) in [5, 5.41) is 6.45. The number of hydrogen-bond acceptors (Lipinski definition) is 4. The number of amides is 2. The monoisotopic (exact) mass is 369 g/mol. The fourth-order valence-corrected chi connectivity index (χ4v) is 2.99. The van der Waals surface area contributed by atoms with Crippen molar-refractivity contribution in [3.05, 3.63) is 47.2 Å². The van der Waals surface area contributed by atoms with E-state index in [1.54, 1.807) is 17.9 Å². The first kappa shape index (κ1) is 19.1. The molecule has 0 spiro atoms. The van der Waals surface area contributed by atoms with Crippen molar-refractivity contribution >= 4 is 17.6 Å². The number of nitrogens with zero attached hydrogens (tertiary/aromatic N) is 2. The molecule has 144 valence electrons. The van der Waals surface area contributed by atoms with E-state index in [-0.39, 0.29) is 18.4 Å². The lowest BCUT2D eigenvalue weighted by Crippen LogP contribution is -2.39. The molecule has 1 aromatic heterocycles. The van der Waals surface area contributed by atoms with Gasteiger partial charge in [-0.15, -0.1) is 0 Å². The van der Waals surface area contributed by atoms with Crippen molar-refractivity contribution in [1.82, 2.24) is 10.1 Å². The topological polar surface area (TPSA) is 75.4 Å². The molecule has 2 amide bonds. The molecule has 1 saturated carbocycles. The molecule has 0 aliphatic heterocycles. The normalized spacial score (nSPS) is 13.4.